The second-order valence-corrected chi connectivity index (χ2v) is 3.41. The summed E-state index contributed by atoms with van der Waals surface area (Å²) in [6, 6.07) is 2.86. The Balaban J connectivity index is 2.41. The zero-order valence-corrected chi connectivity index (χ0v) is 9.13. The Morgan fingerprint density at radius 1 is 1.53 bits per heavy atom. The molecule has 0 spiro atoms. The number of anilines is 1. The highest BCUT2D eigenvalue weighted by atomic mass is 16.6. The van der Waals surface area contributed by atoms with Crippen LogP contribution in [0.3, 0.4) is 0 Å². The number of unbranched alkanes of at least 4 members (excludes halogenated alkanes) is 1. The largest absolute Gasteiger partial charge is 0.481 e. The number of pyridine rings is 1. The monoisotopic (exact) mass is 239 g/mol. The van der Waals surface area contributed by atoms with Crippen LogP contribution in [-0.4, -0.2) is 27.5 Å². The third-order valence-electron chi connectivity index (χ3n) is 2.09. The average molecular weight is 239 g/mol. The first-order valence-corrected chi connectivity index (χ1v) is 5.16. The zero-order chi connectivity index (χ0) is 12.7. The summed E-state index contributed by atoms with van der Waals surface area (Å²) in [5.41, 5.74) is -0.0780. The van der Waals surface area contributed by atoms with E-state index in [1.54, 1.807) is 0 Å². The van der Waals surface area contributed by atoms with E-state index in [1.807, 2.05) is 0 Å². The molecule has 1 heterocycles. The van der Waals surface area contributed by atoms with Gasteiger partial charge in [0.25, 0.3) is 0 Å². The lowest BCUT2D eigenvalue weighted by molar-refractivity contribution is -0.384. The number of hydrogen-bond donors (Lipinski definition) is 2. The van der Waals surface area contributed by atoms with E-state index in [0.29, 0.717) is 19.4 Å². The number of aliphatic carboxylic acids is 1. The van der Waals surface area contributed by atoms with Crippen LogP contribution in [0.4, 0.5) is 11.5 Å². The van der Waals surface area contributed by atoms with E-state index in [1.165, 1.54) is 18.3 Å². The maximum absolute atomic E-state index is 10.6. The van der Waals surface area contributed by atoms with Gasteiger partial charge in [0.05, 0.1) is 4.92 Å². The summed E-state index contributed by atoms with van der Waals surface area (Å²) in [7, 11) is 0. The number of hydrogen-bond acceptors (Lipinski definition) is 5. The number of aromatic nitrogens is 1. The third kappa shape index (κ3) is 4.45. The van der Waals surface area contributed by atoms with Gasteiger partial charge in [-0.25, -0.2) is 4.98 Å². The summed E-state index contributed by atoms with van der Waals surface area (Å²) in [6.07, 6.45) is 2.72. The number of nitrogens with zero attached hydrogens (tertiary/aromatic N) is 2. The van der Waals surface area contributed by atoms with Gasteiger partial charge >= 0.3 is 11.7 Å². The molecule has 0 radical (unpaired) electrons. The Morgan fingerprint density at radius 2 is 2.29 bits per heavy atom. The summed E-state index contributed by atoms with van der Waals surface area (Å²) < 4.78 is 0. The van der Waals surface area contributed by atoms with Gasteiger partial charge in [-0.1, -0.05) is 0 Å². The lowest BCUT2D eigenvalue weighted by atomic mass is 10.2. The van der Waals surface area contributed by atoms with E-state index in [4.69, 9.17) is 5.11 Å². The van der Waals surface area contributed by atoms with Crippen molar-refractivity contribution in [2.24, 2.45) is 0 Å². The van der Waals surface area contributed by atoms with Gasteiger partial charge < -0.3 is 10.4 Å². The fourth-order valence-corrected chi connectivity index (χ4v) is 1.29. The minimum absolute atomic E-state index is 0.0780. The summed E-state index contributed by atoms with van der Waals surface area (Å²) in [6.45, 7) is 0.463. The molecule has 0 aromatic carbocycles. The molecule has 0 saturated carbocycles. The molecule has 7 heteroatoms. The summed E-state index contributed by atoms with van der Waals surface area (Å²) in [5, 5.41) is 21.9. The van der Waals surface area contributed by atoms with Crippen LogP contribution >= 0.6 is 0 Å². The molecular weight excluding hydrogens is 226 g/mol. The van der Waals surface area contributed by atoms with Gasteiger partial charge in [-0.2, -0.15) is 0 Å². The van der Waals surface area contributed by atoms with Crippen LogP contribution in [0.15, 0.2) is 18.3 Å². The van der Waals surface area contributed by atoms with Crippen molar-refractivity contribution in [2.75, 3.05) is 11.9 Å². The van der Waals surface area contributed by atoms with Crippen molar-refractivity contribution in [3.05, 3.63) is 28.4 Å². The third-order valence-corrected chi connectivity index (χ3v) is 2.09. The number of carboxylic acids is 1. The number of rotatable bonds is 7. The van der Waals surface area contributed by atoms with Crippen LogP contribution in [0.5, 0.6) is 0 Å². The fraction of sp³-hybridized carbons (Fsp3) is 0.400. The van der Waals surface area contributed by atoms with E-state index in [9.17, 15) is 14.9 Å². The van der Waals surface area contributed by atoms with Crippen LogP contribution in [-0.2, 0) is 4.79 Å². The van der Waals surface area contributed by atoms with Crippen LogP contribution in [0.1, 0.15) is 19.3 Å². The minimum atomic E-state index is -0.839. The van der Waals surface area contributed by atoms with E-state index in [0.717, 1.165) is 0 Å². The van der Waals surface area contributed by atoms with Crippen molar-refractivity contribution < 1.29 is 14.8 Å². The molecular formula is C10H13N3O4. The van der Waals surface area contributed by atoms with Gasteiger partial charge in [0, 0.05) is 25.2 Å². The van der Waals surface area contributed by atoms with Crippen molar-refractivity contribution in [3.63, 3.8) is 0 Å². The van der Waals surface area contributed by atoms with Gasteiger partial charge in [0.1, 0.15) is 0 Å². The second-order valence-electron chi connectivity index (χ2n) is 3.41. The first-order valence-electron chi connectivity index (χ1n) is 5.16. The van der Waals surface area contributed by atoms with Crippen LogP contribution < -0.4 is 5.32 Å². The molecule has 92 valence electrons. The predicted octanol–water partition coefficient (Wildman–Crippen LogP) is 1.66. The highest BCUT2D eigenvalue weighted by Gasteiger charge is 2.12. The number of nitro groups is 1. The van der Waals surface area contributed by atoms with Gasteiger partial charge in [-0.3, -0.25) is 14.9 Å². The van der Waals surface area contributed by atoms with E-state index >= 15 is 0 Å². The molecule has 17 heavy (non-hydrogen) atoms. The molecule has 0 bridgehead atoms. The molecule has 1 aromatic heterocycles. The normalized spacial score (nSPS) is 9.88. The smallest absolute Gasteiger partial charge is 0.311 e. The van der Waals surface area contributed by atoms with Gasteiger partial charge in [-0.05, 0) is 18.9 Å². The molecule has 0 unspecified atom stereocenters. The Morgan fingerprint density at radius 3 is 2.94 bits per heavy atom. The molecule has 1 rings (SSSR count). The molecule has 0 amide bonds. The van der Waals surface area contributed by atoms with E-state index in [2.05, 4.69) is 10.3 Å². The Bertz CT molecular complexity index is 408. The highest BCUT2D eigenvalue weighted by molar-refractivity contribution is 5.66. The SMILES string of the molecule is O=C(O)CCCCNc1ncccc1[N+](=O)[O-]. The lowest BCUT2D eigenvalue weighted by Crippen LogP contribution is -2.06. The molecule has 0 atom stereocenters. The van der Waals surface area contributed by atoms with Crippen molar-refractivity contribution in [3.8, 4) is 0 Å². The van der Waals surface area contributed by atoms with E-state index in [-0.39, 0.29) is 17.9 Å². The Labute approximate surface area is 97.6 Å². The first kappa shape index (κ1) is 12.9. The number of nitrogens with one attached hydrogen (secondary N) is 1. The Kier molecular flexibility index (Phi) is 4.86. The van der Waals surface area contributed by atoms with Crippen LogP contribution in [0.2, 0.25) is 0 Å². The quantitative estimate of drug-likeness (QED) is 0.426. The van der Waals surface area contributed by atoms with E-state index < -0.39 is 10.9 Å². The number of carboxylic acid groups (broad SMARTS) is 1. The molecule has 7 nitrogen and oxygen atoms in total. The maximum Gasteiger partial charge on any atom is 0.311 e. The fourth-order valence-electron chi connectivity index (χ4n) is 1.29. The van der Waals surface area contributed by atoms with Gasteiger partial charge in [0.2, 0.25) is 5.82 Å². The lowest BCUT2D eigenvalue weighted by Gasteiger charge is -2.04. The maximum atomic E-state index is 10.6. The first-order chi connectivity index (χ1) is 8.11. The molecule has 2 N–H and O–H groups in total. The van der Waals surface area contributed by atoms with Crippen molar-refractivity contribution in [1.29, 1.82) is 0 Å². The topological polar surface area (TPSA) is 105 Å². The standard InChI is InChI=1S/C10H13N3O4/c14-9(15)5-1-2-6-11-10-8(13(16)17)4-3-7-12-10/h3-4,7H,1-2,5-6H2,(H,11,12)(H,14,15). The molecule has 1 aromatic rings. The van der Waals surface area contributed by atoms with Gasteiger partial charge in [0.15, 0.2) is 0 Å². The summed E-state index contributed by atoms with van der Waals surface area (Å²) in [4.78, 5) is 24.3. The molecule has 0 fully saturated rings. The highest BCUT2D eigenvalue weighted by Crippen LogP contribution is 2.19. The van der Waals surface area contributed by atoms with Crippen molar-refractivity contribution >= 4 is 17.5 Å². The second kappa shape index (κ2) is 6.41. The Hall–Kier alpha value is -2.18. The van der Waals surface area contributed by atoms with Crippen LogP contribution in [0, 0.1) is 10.1 Å². The summed E-state index contributed by atoms with van der Waals surface area (Å²) >= 11 is 0. The molecule has 0 saturated heterocycles. The minimum Gasteiger partial charge on any atom is -0.481 e. The average Bonchev–Trinajstić information content (AvgIpc) is 2.28. The van der Waals surface area contributed by atoms with Crippen LogP contribution in [0.25, 0.3) is 0 Å². The molecule has 0 aliphatic heterocycles. The predicted molar refractivity (Wildman–Crippen MR) is 60.9 cm³/mol. The van der Waals surface area contributed by atoms with Gasteiger partial charge in [-0.15, -0.1) is 0 Å². The summed E-state index contributed by atoms with van der Waals surface area (Å²) in [5.74, 6) is -0.623. The molecule has 0 aliphatic rings. The number of carbonyl (C=O) groups is 1. The van der Waals surface area contributed by atoms with Crippen molar-refractivity contribution in [1.82, 2.24) is 4.98 Å². The van der Waals surface area contributed by atoms with Crippen molar-refractivity contribution in [2.45, 2.75) is 19.3 Å². The zero-order valence-electron chi connectivity index (χ0n) is 9.13. The molecule has 0 aliphatic carbocycles.